The summed E-state index contributed by atoms with van der Waals surface area (Å²) in [6, 6.07) is 2.34. The van der Waals surface area contributed by atoms with Crippen molar-refractivity contribution in [3.05, 3.63) is 18.1 Å². The first-order valence-corrected chi connectivity index (χ1v) is 5.81. The zero-order valence-corrected chi connectivity index (χ0v) is 10.3. The van der Waals surface area contributed by atoms with E-state index in [4.69, 9.17) is 11.6 Å². The van der Waals surface area contributed by atoms with Gasteiger partial charge in [-0.25, -0.2) is 9.97 Å². The van der Waals surface area contributed by atoms with Gasteiger partial charge in [0.15, 0.2) is 0 Å². The summed E-state index contributed by atoms with van der Waals surface area (Å²) in [5, 5.41) is 3.30. The lowest BCUT2D eigenvalue weighted by atomic mass is 10.1. The standard InChI is InChI=1S/C11H18ClN3/c1-8(2)10-6-11(14-7-13-10)15-9(3)4-5-12/h6-9H,4-5H2,1-3H3,(H,13,14,15). The van der Waals surface area contributed by atoms with Crippen molar-refractivity contribution >= 4 is 17.4 Å². The van der Waals surface area contributed by atoms with E-state index in [1.807, 2.05) is 6.07 Å². The summed E-state index contributed by atoms with van der Waals surface area (Å²) in [5.74, 6) is 1.97. The molecule has 0 bridgehead atoms. The average molecular weight is 228 g/mol. The monoisotopic (exact) mass is 227 g/mol. The molecule has 4 heteroatoms. The van der Waals surface area contributed by atoms with E-state index in [-0.39, 0.29) is 0 Å². The van der Waals surface area contributed by atoms with Gasteiger partial charge in [0.2, 0.25) is 0 Å². The van der Waals surface area contributed by atoms with Gasteiger partial charge in [0.25, 0.3) is 0 Å². The Morgan fingerprint density at radius 3 is 2.67 bits per heavy atom. The van der Waals surface area contributed by atoms with Crippen LogP contribution in [0.4, 0.5) is 5.82 Å². The summed E-state index contributed by atoms with van der Waals surface area (Å²) in [5.41, 5.74) is 1.06. The third kappa shape index (κ3) is 4.04. The molecule has 0 fully saturated rings. The molecule has 84 valence electrons. The van der Waals surface area contributed by atoms with Crippen molar-refractivity contribution in [3.63, 3.8) is 0 Å². The van der Waals surface area contributed by atoms with E-state index in [0.29, 0.717) is 17.8 Å². The van der Waals surface area contributed by atoms with Crippen molar-refractivity contribution < 1.29 is 0 Å². The first-order valence-electron chi connectivity index (χ1n) is 5.28. The van der Waals surface area contributed by atoms with Gasteiger partial charge in [0.1, 0.15) is 12.1 Å². The minimum atomic E-state index is 0.345. The zero-order valence-electron chi connectivity index (χ0n) is 9.50. The van der Waals surface area contributed by atoms with Crippen LogP contribution in [0.1, 0.15) is 38.8 Å². The average Bonchev–Trinajstić information content (AvgIpc) is 2.18. The first-order chi connectivity index (χ1) is 7.13. The summed E-state index contributed by atoms with van der Waals surface area (Å²) in [4.78, 5) is 8.39. The fraction of sp³-hybridized carbons (Fsp3) is 0.636. The van der Waals surface area contributed by atoms with Gasteiger partial charge in [-0.2, -0.15) is 0 Å². The van der Waals surface area contributed by atoms with Crippen molar-refractivity contribution in [1.29, 1.82) is 0 Å². The molecule has 0 spiro atoms. The highest BCUT2D eigenvalue weighted by molar-refractivity contribution is 6.17. The van der Waals surface area contributed by atoms with E-state index in [1.54, 1.807) is 6.33 Å². The molecule has 0 amide bonds. The highest BCUT2D eigenvalue weighted by Crippen LogP contribution is 2.14. The predicted octanol–water partition coefficient (Wildman–Crippen LogP) is 3.03. The fourth-order valence-corrected chi connectivity index (χ4v) is 1.58. The molecule has 15 heavy (non-hydrogen) atoms. The number of nitrogens with one attached hydrogen (secondary N) is 1. The molecule has 1 N–H and O–H groups in total. The Labute approximate surface area is 96.3 Å². The molecular formula is C11H18ClN3. The van der Waals surface area contributed by atoms with E-state index >= 15 is 0 Å². The van der Waals surface area contributed by atoms with Gasteiger partial charge < -0.3 is 5.32 Å². The molecular weight excluding hydrogens is 210 g/mol. The van der Waals surface area contributed by atoms with Gasteiger partial charge in [0.05, 0.1) is 0 Å². The Balaban J connectivity index is 2.65. The van der Waals surface area contributed by atoms with Crippen LogP contribution in [0.3, 0.4) is 0 Å². The lowest BCUT2D eigenvalue weighted by Gasteiger charge is -2.13. The molecule has 1 aromatic rings. The largest absolute Gasteiger partial charge is 0.367 e. The Bertz CT molecular complexity index is 302. The number of anilines is 1. The van der Waals surface area contributed by atoms with Gasteiger partial charge >= 0.3 is 0 Å². The molecule has 1 unspecified atom stereocenters. The molecule has 1 rings (SSSR count). The van der Waals surface area contributed by atoms with Crippen LogP contribution in [0, 0.1) is 0 Å². The third-order valence-corrected chi connectivity index (χ3v) is 2.43. The summed E-state index contributed by atoms with van der Waals surface area (Å²) in [7, 11) is 0. The molecule has 0 aliphatic rings. The Morgan fingerprint density at radius 1 is 1.33 bits per heavy atom. The molecule has 0 aliphatic heterocycles. The number of nitrogens with zero attached hydrogens (tertiary/aromatic N) is 2. The Hall–Kier alpha value is -0.830. The second-order valence-corrected chi connectivity index (χ2v) is 4.38. The second-order valence-electron chi connectivity index (χ2n) is 4.01. The molecule has 1 heterocycles. The van der Waals surface area contributed by atoms with Crippen molar-refractivity contribution in [1.82, 2.24) is 9.97 Å². The summed E-state index contributed by atoms with van der Waals surface area (Å²) < 4.78 is 0. The molecule has 0 radical (unpaired) electrons. The predicted molar refractivity (Wildman–Crippen MR) is 64.5 cm³/mol. The quantitative estimate of drug-likeness (QED) is 0.786. The molecule has 1 atom stereocenters. The van der Waals surface area contributed by atoms with Gasteiger partial charge in [0, 0.05) is 23.7 Å². The van der Waals surface area contributed by atoms with Crippen LogP contribution in [0.5, 0.6) is 0 Å². The minimum absolute atomic E-state index is 0.345. The zero-order chi connectivity index (χ0) is 11.3. The Morgan fingerprint density at radius 2 is 2.07 bits per heavy atom. The summed E-state index contributed by atoms with van der Waals surface area (Å²) in [6.07, 6.45) is 2.54. The molecule has 0 aromatic carbocycles. The van der Waals surface area contributed by atoms with Crippen LogP contribution in [0.2, 0.25) is 0 Å². The number of aromatic nitrogens is 2. The normalized spacial score (nSPS) is 12.9. The highest BCUT2D eigenvalue weighted by Gasteiger charge is 2.05. The van der Waals surface area contributed by atoms with Gasteiger partial charge in [-0.15, -0.1) is 11.6 Å². The van der Waals surface area contributed by atoms with Gasteiger partial charge in [-0.05, 0) is 19.3 Å². The maximum Gasteiger partial charge on any atom is 0.129 e. The Kier molecular flexibility index (Phi) is 4.82. The topological polar surface area (TPSA) is 37.8 Å². The lowest BCUT2D eigenvalue weighted by molar-refractivity contribution is 0.757. The molecule has 1 aromatic heterocycles. The lowest BCUT2D eigenvalue weighted by Crippen LogP contribution is -2.16. The van der Waals surface area contributed by atoms with Crippen molar-refractivity contribution in [2.75, 3.05) is 11.2 Å². The van der Waals surface area contributed by atoms with Crippen LogP contribution < -0.4 is 5.32 Å². The maximum atomic E-state index is 5.67. The van der Waals surface area contributed by atoms with Gasteiger partial charge in [-0.1, -0.05) is 13.8 Å². The number of hydrogen-bond donors (Lipinski definition) is 1. The number of alkyl halides is 1. The smallest absolute Gasteiger partial charge is 0.129 e. The summed E-state index contributed by atoms with van der Waals surface area (Å²) >= 11 is 5.67. The van der Waals surface area contributed by atoms with Gasteiger partial charge in [-0.3, -0.25) is 0 Å². The molecule has 0 aliphatic carbocycles. The van der Waals surface area contributed by atoms with E-state index in [2.05, 4.69) is 36.1 Å². The third-order valence-electron chi connectivity index (χ3n) is 2.22. The number of halogens is 1. The SMILES string of the molecule is CC(CCCl)Nc1cc(C(C)C)ncn1. The van der Waals surface area contributed by atoms with E-state index in [1.165, 1.54) is 0 Å². The first kappa shape index (κ1) is 12.2. The number of rotatable bonds is 5. The molecule has 0 saturated carbocycles. The maximum absolute atomic E-state index is 5.67. The van der Waals surface area contributed by atoms with Crippen molar-refractivity contribution in [3.8, 4) is 0 Å². The second kappa shape index (κ2) is 5.91. The van der Waals surface area contributed by atoms with Crippen LogP contribution >= 0.6 is 11.6 Å². The van der Waals surface area contributed by atoms with Crippen LogP contribution in [-0.4, -0.2) is 21.9 Å². The van der Waals surface area contributed by atoms with Crippen LogP contribution in [0.15, 0.2) is 12.4 Å². The van der Waals surface area contributed by atoms with E-state index in [0.717, 1.165) is 17.9 Å². The molecule has 0 saturated heterocycles. The van der Waals surface area contributed by atoms with E-state index in [9.17, 15) is 0 Å². The molecule has 3 nitrogen and oxygen atoms in total. The minimum Gasteiger partial charge on any atom is -0.367 e. The fourth-order valence-electron chi connectivity index (χ4n) is 1.26. The van der Waals surface area contributed by atoms with Crippen LogP contribution in [0.25, 0.3) is 0 Å². The van der Waals surface area contributed by atoms with Crippen molar-refractivity contribution in [2.24, 2.45) is 0 Å². The summed E-state index contributed by atoms with van der Waals surface area (Å²) in [6.45, 7) is 6.34. The highest BCUT2D eigenvalue weighted by atomic mass is 35.5. The van der Waals surface area contributed by atoms with Crippen molar-refractivity contribution in [2.45, 2.75) is 39.2 Å². The van der Waals surface area contributed by atoms with Crippen LogP contribution in [-0.2, 0) is 0 Å². The van der Waals surface area contributed by atoms with E-state index < -0.39 is 0 Å². The number of hydrogen-bond acceptors (Lipinski definition) is 3.